The van der Waals surface area contributed by atoms with E-state index in [1.807, 2.05) is 0 Å². The van der Waals surface area contributed by atoms with Crippen LogP contribution in [0.3, 0.4) is 0 Å². The second kappa shape index (κ2) is 1.78. The Morgan fingerprint density at radius 1 is 1.62 bits per heavy atom. The van der Waals surface area contributed by atoms with E-state index < -0.39 is 11.2 Å². The number of hydrogen-bond donors (Lipinski definition) is 0. The Balaban J connectivity index is 3.35. The van der Waals surface area contributed by atoms with Crippen LogP contribution in [0.5, 0.6) is 0 Å². The number of halogens is 1. The van der Waals surface area contributed by atoms with Gasteiger partial charge in [0.05, 0.1) is 6.26 Å². The highest BCUT2D eigenvalue weighted by molar-refractivity contribution is 4.90. The fraction of sp³-hybridized carbons (Fsp3) is 0. The lowest BCUT2D eigenvalue weighted by Gasteiger charge is -1.79. The van der Waals surface area contributed by atoms with Gasteiger partial charge in [0.2, 0.25) is 11.2 Å². The Bertz CT molecular complexity index is 228. The van der Waals surface area contributed by atoms with Crippen molar-refractivity contribution < 1.29 is 8.81 Å². The molecule has 1 aromatic rings. The Morgan fingerprint density at radius 3 is 2.75 bits per heavy atom. The van der Waals surface area contributed by atoms with Crippen LogP contribution >= 0.6 is 0 Å². The van der Waals surface area contributed by atoms with Gasteiger partial charge in [0.25, 0.3) is 0 Å². The van der Waals surface area contributed by atoms with Crippen molar-refractivity contribution in [2.45, 2.75) is 0 Å². The molecule has 0 saturated heterocycles. The van der Waals surface area contributed by atoms with Gasteiger partial charge < -0.3 is 4.42 Å². The quantitative estimate of drug-likeness (QED) is 0.498. The zero-order valence-electron chi connectivity index (χ0n) is 3.93. The summed E-state index contributed by atoms with van der Waals surface area (Å²) in [5.41, 5.74) is -0.642. The maximum absolute atomic E-state index is 11.9. The lowest BCUT2D eigenvalue weighted by molar-refractivity contribution is 0.486. The van der Waals surface area contributed by atoms with Gasteiger partial charge in [0, 0.05) is 6.07 Å². The molecule has 0 aliphatic rings. The van der Waals surface area contributed by atoms with Crippen molar-refractivity contribution in [2.24, 2.45) is 0 Å². The van der Waals surface area contributed by atoms with Crippen LogP contribution in [0.25, 0.3) is 0 Å². The minimum atomic E-state index is -0.854. The summed E-state index contributed by atoms with van der Waals surface area (Å²) in [6, 6.07) is 1.02. The summed E-state index contributed by atoms with van der Waals surface area (Å²) >= 11 is 0. The van der Waals surface area contributed by atoms with Crippen molar-refractivity contribution in [3.63, 3.8) is 0 Å². The van der Waals surface area contributed by atoms with E-state index in [0.29, 0.717) is 0 Å². The fourth-order valence-electron chi connectivity index (χ4n) is 0.338. The lowest BCUT2D eigenvalue weighted by Crippen LogP contribution is -2.00. The second-order valence-electron chi connectivity index (χ2n) is 1.27. The van der Waals surface area contributed by atoms with Crippen molar-refractivity contribution in [3.05, 3.63) is 34.6 Å². The molecule has 1 aromatic heterocycles. The van der Waals surface area contributed by atoms with Gasteiger partial charge in [0.15, 0.2) is 0 Å². The average molecular weight is 114 g/mol. The van der Waals surface area contributed by atoms with Crippen LogP contribution in [-0.2, 0) is 0 Å². The van der Waals surface area contributed by atoms with Gasteiger partial charge in [-0.3, -0.25) is 4.79 Å². The van der Waals surface area contributed by atoms with Gasteiger partial charge in [-0.15, -0.1) is 0 Å². The molecule has 0 aromatic carbocycles. The third-order valence-corrected chi connectivity index (χ3v) is 0.705. The average Bonchev–Trinajstić information content (AvgIpc) is 1.77. The molecule has 0 N–H and O–H groups in total. The summed E-state index contributed by atoms with van der Waals surface area (Å²) in [6.07, 6.45) is 1.90. The summed E-state index contributed by atoms with van der Waals surface area (Å²) in [7, 11) is 0. The van der Waals surface area contributed by atoms with Gasteiger partial charge in [0.1, 0.15) is 6.26 Å². The van der Waals surface area contributed by atoms with E-state index in [1.54, 1.807) is 0 Å². The van der Waals surface area contributed by atoms with E-state index in [9.17, 15) is 9.18 Å². The van der Waals surface area contributed by atoms with Gasteiger partial charge in [-0.05, 0) is 0 Å². The molecule has 3 heteroatoms. The van der Waals surface area contributed by atoms with Crippen molar-refractivity contribution >= 4 is 0 Å². The van der Waals surface area contributed by atoms with Crippen LogP contribution in [-0.4, -0.2) is 0 Å². The minimum absolute atomic E-state index is 0.642. The smallest absolute Gasteiger partial charge is 0.220 e. The first-order chi connectivity index (χ1) is 3.80. The Labute approximate surface area is 44.6 Å². The van der Waals surface area contributed by atoms with E-state index in [0.717, 1.165) is 18.6 Å². The first kappa shape index (κ1) is 5.03. The molecule has 0 bridgehead atoms. The summed E-state index contributed by atoms with van der Waals surface area (Å²) in [5.74, 6) is -0.854. The van der Waals surface area contributed by atoms with Crippen molar-refractivity contribution in [2.75, 3.05) is 0 Å². The second-order valence-corrected chi connectivity index (χ2v) is 1.27. The largest absolute Gasteiger partial charge is 0.469 e. The molecule has 0 atom stereocenters. The summed E-state index contributed by atoms with van der Waals surface area (Å²) in [6.45, 7) is 0. The minimum Gasteiger partial charge on any atom is -0.469 e. The van der Waals surface area contributed by atoms with Crippen LogP contribution in [0.4, 0.5) is 4.39 Å². The third-order valence-electron chi connectivity index (χ3n) is 0.705. The first-order valence-electron chi connectivity index (χ1n) is 2.03. The standard InChI is InChI=1S/C5H3FO2/c6-4-3-8-2-1-5(4)7/h1-3H. The molecule has 0 unspecified atom stereocenters. The molecule has 42 valence electrons. The van der Waals surface area contributed by atoms with Crippen molar-refractivity contribution in [1.29, 1.82) is 0 Å². The first-order valence-corrected chi connectivity index (χ1v) is 2.03. The number of hydrogen-bond acceptors (Lipinski definition) is 2. The molecule has 0 radical (unpaired) electrons. The van der Waals surface area contributed by atoms with Crippen molar-refractivity contribution in [3.8, 4) is 0 Å². The molecule has 0 saturated carbocycles. The molecule has 1 heterocycles. The Hall–Kier alpha value is -1.12. The van der Waals surface area contributed by atoms with Crippen LogP contribution in [0.1, 0.15) is 0 Å². The molecular formula is C5H3FO2. The zero-order chi connectivity index (χ0) is 5.98. The maximum atomic E-state index is 11.9. The molecule has 2 nitrogen and oxygen atoms in total. The van der Waals surface area contributed by atoms with Gasteiger partial charge in [-0.2, -0.15) is 4.39 Å². The lowest BCUT2D eigenvalue weighted by atomic mass is 10.5. The summed E-state index contributed by atoms with van der Waals surface area (Å²) < 4.78 is 16.2. The summed E-state index contributed by atoms with van der Waals surface area (Å²) in [5, 5.41) is 0. The van der Waals surface area contributed by atoms with E-state index in [2.05, 4.69) is 4.42 Å². The van der Waals surface area contributed by atoms with Crippen LogP contribution < -0.4 is 5.43 Å². The normalized spacial score (nSPS) is 9.12. The van der Waals surface area contributed by atoms with Crippen LogP contribution in [0.15, 0.2) is 27.8 Å². The fourth-order valence-corrected chi connectivity index (χ4v) is 0.338. The molecule has 0 fully saturated rings. The molecule has 8 heavy (non-hydrogen) atoms. The molecule has 0 spiro atoms. The highest BCUT2D eigenvalue weighted by Crippen LogP contribution is 1.84. The molecule has 0 aliphatic carbocycles. The highest BCUT2D eigenvalue weighted by atomic mass is 19.1. The summed E-state index contributed by atoms with van der Waals surface area (Å²) in [4.78, 5) is 10.2. The monoisotopic (exact) mass is 114 g/mol. The predicted octanol–water partition coefficient (Wildman–Crippen LogP) is 0.779. The van der Waals surface area contributed by atoms with Gasteiger partial charge in [-0.1, -0.05) is 0 Å². The molecule has 0 amide bonds. The highest BCUT2D eigenvalue weighted by Gasteiger charge is 1.91. The molecular weight excluding hydrogens is 111 g/mol. The molecule has 1 rings (SSSR count). The van der Waals surface area contributed by atoms with Gasteiger partial charge >= 0.3 is 0 Å². The Kier molecular flexibility index (Phi) is 1.12. The topological polar surface area (TPSA) is 30.2 Å². The maximum Gasteiger partial charge on any atom is 0.220 e. The zero-order valence-corrected chi connectivity index (χ0v) is 3.93. The van der Waals surface area contributed by atoms with Crippen LogP contribution in [0.2, 0.25) is 0 Å². The van der Waals surface area contributed by atoms with E-state index >= 15 is 0 Å². The van der Waals surface area contributed by atoms with E-state index in [-0.39, 0.29) is 0 Å². The predicted molar refractivity (Wildman–Crippen MR) is 24.9 cm³/mol. The van der Waals surface area contributed by atoms with Crippen molar-refractivity contribution in [1.82, 2.24) is 0 Å². The SMILES string of the molecule is O=c1ccocc1F. The van der Waals surface area contributed by atoms with E-state index in [4.69, 9.17) is 0 Å². The molecule has 0 aliphatic heterocycles. The third kappa shape index (κ3) is 0.753. The Morgan fingerprint density at radius 2 is 2.38 bits per heavy atom. The van der Waals surface area contributed by atoms with Gasteiger partial charge in [-0.25, -0.2) is 0 Å². The van der Waals surface area contributed by atoms with E-state index in [1.165, 1.54) is 0 Å². The van der Waals surface area contributed by atoms with Crippen LogP contribution in [0, 0.1) is 5.82 Å². The number of rotatable bonds is 0.